The topological polar surface area (TPSA) is 126 Å². The zero-order valence-electron chi connectivity index (χ0n) is 10.7. The van der Waals surface area contributed by atoms with Gasteiger partial charge in [0.2, 0.25) is 0 Å². The number of phenols is 1. The van der Waals surface area contributed by atoms with E-state index in [9.17, 15) is 19.5 Å². The molecule has 2 aromatic rings. The van der Waals surface area contributed by atoms with Crippen LogP contribution in [0.4, 0.5) is 0 Å². The number of carbonyl (C=O) groups is 2. The smallest absolute Gasteiger partial charge is 0.252 e. The van der Waals surface area contributed by atoms with Crippen molar-refractivity contribution in [1.82, 2.24) is 9.97 Å². The van der Waals surface area contributed by atoms with Crippen molar-refractivity contribution in [3.63, 3.8) is 0 Å². The van der Waals surface area contributed by atoms with Crippen molar-refractivity contribution < 1.29 is 14.7 Å². The van der Waals surface area contributed by atoms with Crippen LogP contribution in [0.2, 0.25) is 0 Å². The summed E-state index contributed by atoms with van der Waals surface area (Å²) in [5.74, 6) is -1.35. The van der Waals surface area contributed by atoms with Crippen molar-refractivity contribution in [2.45, 2.75) is 5.16 Å². The number of benzene rings is 1. The van der Waals surface area contributed by atoms with Crippen LogP contribution in [0.3, 0.4) is 0 Å². The first-order valence-corrected chi connectivity index (χ1v) is 6.80. The van der Waals surface area contributed by atoms with Gasteiger partial charge in [-0.15, -0.1) is 0 Å². The summed E-state index contributed by atoms with van der Waals surface area (Å²) in [6, 6.07) is 5.14. The number of ketones is 1. The van der Waals surface area contributed by atoms with Crippen LogP contribution in [0, 0.1) is 0 Å². The van der Waals surface area contributed by atoms with Gasteiger partial charge in [0, 0.05) is 17.8 Å². The van der Waals surface area contributed by atoms with E-state index in [4.69, 9.17) is 5.73 Å². The fourth-order valence-corrected chi connectivity index (χ4v) is 2.29. The molecule has 0 aliphatic carbocycles. The summed E-state index contributed by atoms with van der Waals surface area (Å²) in [5, 5.41) is 9.78. The van der Waals surface area contributed by atoms with Gasteiger partial charge in [-0.3, -0.25) is 14.4 Å². The van der Waals surface area contributed by atoms with Gasteiger partial charge < -0.3 is 15.8 Å². The Morgan fingerprint density at radius 3 is 2.76 bits per heavy atom. The first-order chi connectivity index (χ1) is 9.97. The fourth-order valence-electron chi connectivity index (χ4n) is 1.55. The molecule has 0 saturated carbocycles. The third-order valence-corrected chi connectivity index (χ3v) is 3.46. The highest BCUT2D eigenvalue weighted by Gasteiger charge is 2.13. The molecule has 0 aliphatic rings. The van der Waals surface area contributed by atoms with Gasteiger partial charge >= 0.3 is 0 Å². The molecule has 0 fully saturated rings. The lowest BCUT2D eigenvalue weighted by molar-refractivity contribution is 0.0997. The molecule has 1 aromatic heterocycles. The monoisotopic (exact) mass is 305 g/mol. The average molecular weight is 305 g/mol. The largest absolute Gasteiger partial charge is 0.507 e. The summed E-state index contributed by atoms with van der Waals surface area (Å²) in [7, 11) is 0. The number of hydrogen-bond donors (Lipinski definition) is 3. The molecule has 0 bridgehead atoms. The Morgan fingerprint density at radius 1 is 1.33 bits per heavy atom. The number of aromatic hydroxyl groups is 1. The second kappa shape index (κ2) is 6.23. The maximum atomic E-state index is 12.0. The van der Waals surface area contributed by atoms with Gasteiger partial charge in [-0.1, -0.05) is 11.8 Å². The molecule has 4 N–H and O–H groups in total. The minimum Gasteiger partial charge on any atom is -0.507 e. The molecule has 8 heteroatoms. The number of aromatic nitrogens is 2. The molecular weight excluding hydrogens is 294 g/mol. The highest BCUT2D eigenvalue weighted by Crippen LogP contribution is 2.20. The summed E-state index contributed by atoms with van der Waals surface area (Å²) < 4.78 is 0. The van der Waals surface area contributed by atoms with E-state index >= 15 is 0 Å². The predicted octanol–water partition coefficient (Wildman–Crippen LogP) is 0.549. The molecule has 0 unspecified atom stereocenters. The molecule has 7 nitrogen and oxygen atoms in total. The Balaban J connectivity index is 2.12. The SMILES string of the molecule is NC(=O)c1cc(C(=O)CSc2nccc(=O)[nH]2)ccc1O. The Hall–Kier alpha value is -2.61. The number of amides is 1. The van der Waals surface area contributed by atoms with Crippen LogP contribution in [0.15, 0.2) is 40.4 Å². The number of nitrogens with zero attached hydrogens (tertiary/aromatic N) is 1. The number of nitrogens with one attached hydrogen (secondary N) is 1. The molecule has 2 rings (SSSR count). The lowest BCUT2D eigenvalue weighted by Gasteiger charge is -2.04. The van der Waals surface area contributed by atoms with Gasteiger partial charge in [-0.25, -0.2) is 4.98 Å². The molecule has 1 heterocycles. The van der Waals surface area contributed by atoms with Gasteiger partial charge in [0.05, 0.1) is 11.3 Å². The van der Waals surface area contributed by atoms with Gasteiger partial charge in [0.15, 0.2) is 10.9 Å². The minimum atomic E-state index is -0.816. The molecular formula is C13H11N3O4S. The average Bonchev–Trinajstić information content (AvgIpc) is 2.45. The van der Waals surface area contributed by atoms with Crippen molar-refractivity contribution in [3.05, 3.63) is 51.9 Å². The maximum absolute atomic E-state index is 12.0. The number of hydrogen-bond acceptors (Lipinski definition) is 6. The van der Waals surface area contributed by atoms with Crippen molar-refractivity contribution in [2.24, 2.45) is 5.73 Å². The van der Waals surface area contributed by atoms with Gasteiger partial charge in [0.1, 0.15) is 5.75 Å². The highest BCUT2D eigenvalue weighted by molar-refractivity contribution is 7.99. The van der Waals surface area contributed by atoms with Crippen LogP contribution < -0.4 is 11.3 Å². The highest BCUT2D eigenvalue weighted by atomic mass is 32.2. The first kappa shape index (κ1) is 14.8. The molecule has 0 spiro atoms. The van der Waals surface area contributed by atoms with E-state index in [2.05, 4.69) is 9.97 Å². The molecule has 0 atom stereocenters. The number of carbonyl (C=O) groups excluding carboxylic acids is 2. The third-order valence-electron chi connectivity index (χ3n) is 2.57. The van der Waals surface area contributed by atoms with Crippen molar-refractivity contribution in [3.8, 4) is 5.75 Å². The standard InChI is InChI=1S/C13H11N3O4S/c14-12(20)8-5-7(1-2-9(8)17)10(18)6-21-13-15-4-3-11(19)16-13/h1-5,17H,6H2,(H2,14,20)(H,15,16,19). The van der Waals surface area contributed by atoms with E-state index in [-0.39, 0.29) is 34.0 Å². The lowest BCUT2D eigenvalue weighted by atomic mass is 10.1. The lowest BCUT2D eigenvalue weighted by Crippen LogP contribution is -2.13. The number of H-pyrrole nitrogens is 1. The second-order valence-electron chi connectivity index (χ2n) is 4.05. The van der Waals surface area contributed by atoms with Crippen molar-refractivity contribution in [1.29, 1.82) is 0 Å². The zero-order chi connectivity index (χ0) is 15.4. The number of thioether (sulfide) groups is 1. The predicted molar refractivity (Wildman–Crippen MR) is 76.5 cm³/mol. The van der Waals surface area contributed by atoms with Crippen LogP contribution in [0.25, 0.3) is 0 Å². The summed E-state index contributed by atoms with van der Waals surface area (Å²) >= 11 is 1.06. The van der Waals surface area contributed by atoms with Crippen LogP contribution >= 0.6 is 11.8 Å². The molecule has 0 radical (unpaired) electrons. The fraction of sp³-hybridized carbons (Fsp3) is 0.0769. The first-order valence-electron chi connectivity index (χ1n) is 5.81. The van der Waals surface area contributed by atoms with Crippen LogP contribution in [-0.2, 0) is 0 Å². The Labute approximate surface area is 123 Å². The van der Waals surface area contributed by atoms with E-state index in [1.807, 2.05) is 0 Å². The maximum Gasteiger partial charge on any atom is 0.252 e. The van der Waals surface area contributed by atoms with Gasteiger partial charge in [0.25, 0.3) is 11.5 Å². The summed E-state index contributed by atoms with van der Waals surface area (Å²) in [4.78, 5) is 40.6. The van der Waals surface area contributed by atoms with Gasteiger partial charge in [-0.05, 0) is 18.2 Å². The number of rotatable bonds is 5. The van der Waals surface area contributed by atoms with Crippen LogP contribution in [-0.4, -0.2) is 32.5 Å². The van der Waals surface area contributed by atoms with E-state index in [0.29, 0.717) is 5.16 Å². The van der Waals surface area contributed by atoms with E-state index in [1.54, 1.807) is 0 Å². The van der Waals surface area contributed by atoms with Crippen LogP contribution in [0.1, 0.15) is 20.7 Å². The summed E-state index contributed by atoms with van der Waals surface area (Å²) in [5.41, 5.74) is 4.92. The Morgan fingerprint density at radius 2 is 2.10 bits per heavy atom. The normalized spacial score (nSPS) is 10.3. The number of Topliss-reactive ketones (excluding diaryl/α,β-unsaturated/α-hetero) is 1. The number of nitrogens with two attached hydrogens (primary N) is 1. The van der Waals surface area contributed by atoms with Crippen LogP contribution in [0.5, 0.6) is 5.75 Å². The van der Waals surface area contributed by atoms with E-state index in [0.717, 1.165) is 11.8 Å². The van der Waals surface area contributed by atoms with Gasteiger partial charge in [-0.2, -0.15) is 0 Å². The molecule has 1 aromatic carbocycles. The van der Waals surface area contributed by atoms with E-state index in [1.165, 1.54) is 30.5 Å². The quantitative estimate of drug-likeness (QED) is 0.420. The molecule has 108 valence electrons. The molecule has 21 heavy (non-hydrogen) atoms. The summed E-state index contributed by atoms with van der Waals surface area (Å²) in [6.45, 7) is 0. The third kappa shape index (κ3) is 3.69. The van der Waals surface area contributed by atoms with Crippen molar-refractivity contribution in [2.75, 3.05) is 5.75 Å². The molecule has 1 amide bonds. The second-order valence-corrected chi connectivity index (χ2v) is 5.01. The number of primary amides is 1. The number of aromatic amines is 1. The summed E-state index contributed by atoms with van der Waals surface area (Å²) in [6.07, 6.45) is 1.34. The zero-order valence-corrected chi connectivity index (χ0v) is 11.5. The minimum absolute atomic E-state index is 0.0237. The molecule has 0 aliphatic heterocycles. The Kier molecular flexibility index (Phi) is 4.39. The Bertz CT molecular complexity index is 757. The van der Waals surface area contributed by atoms with Crippen molar-refractivity contribution >= 4 is 23.5 Å². The van der Waals surface area contributed by atoms with E-state index < -0.39 is 5.91 Å². The molecule has 0 saturated heterocycles.